The van der Waals surface area contributed by atoms with Crippen LogP contribution in [0.5, 0.6) is 0 Å². The lowest BCUT2D eigenvalue weighted by atomic mass is 10.3. The highest BCUT2D eigenvalue weighted by atomic mass is 32.3. The lowest BCUT2D eigenvalue weighted by Gasteiger charge is -2.17. The summed E-state index contributed by atoms with van der Waals surface area (Å²) in [7, 11) is -7.65. The zero-order valence-electron chi connectivity index (χ0n) is 10.6. The van der Waals surface area contributed by atoms with Crippen LogP contribution in [0.15, 0.2) is 12.2 Å². The highest BCUT2D eigenvalue weighted by Crippen LogP contribution is 2.05. The van der Waals surface area contributed by atoms with Gasteiger partial charge < -0.3 is 5.32 Å². The lowest BCUT2D eigenvalue weighted by molar-refractivity contribution is -0.117. The second-order valence-corrected chi connectivity index (χ2v) is 7.96. The second-order valence-electron chi connectivity index (χ2n) is 3.91. The van der Waals surface area contributed by atoms with E-state index in [4.69, 9.17) is 0 Å². The zero-order valence-corrected chi connectivity index (χ0v) is 12.3. The van der Waals surface area contributed by atoms with Crippen LogP contribution in [0.2, 0.25) is 0 Å². The number of carbonyl (C=O) groups is 1. The zero-order chi connectivity index (χ0) is 14.6. The molecule has 106 valence electrons. The van der Waals surface area contributed by atoms with Crippen molar-refractivity contribution in [3.8, 4) is 0 Å². The van der Waals surface area contributed by atoms with Gasteiger partial charge in [0.25, 0.3) is 0 Å². The quantitative estimate of drug-likeness (QED) is 0.494. The fourth-order valence-corrected chi connectivity index (χ4v) is 4.03. The monoisotopic (exact) mass is 298 g/mol. The minimum atomic E-state index is -3.82. The third kappa shape index (κ3) is 6.12. The molecule has 0 saturated carbocycles. The number of rotatable bonds is 7. The molecule has 0 aliphatic rings. The molecule has 0 fully saturated rings. The number of hydrogen-bond donors (Lipinski definition) is 1. The van der Waals surface area contributed by atoms with Gasteiger partial charge in [-0.2, -0.15) is 0 Å². The molecule has 0 atom stereocenters. The average molecular weight is 298 g/mol. The fourth-order valence-electron chi connectivity index (χ4n) is 1.14. The minimum absolute atomic E-state index is 0.174. The maximum atomic E-state index is 11.3. The van der Waals surface area contributed by atoms with E-state index in [1.807, 2.05) is 0 Å². The number of nitrogens with zero attached hydrogens (tertiary/aromatic N) is 1. The molecular formula is C9H18N2O5S2. The van der Waals surface area contributed by atoms with Crippen LogP contribution < -0.4 is 5.32 Å². The molecule has 0 bridgehead atoms. The van der Waals surface area contributed by atoms with E-state index in [0.29, 0.717) is 9.28 Å². The highest BCUT2D eigenvalue weighted by molar-refractivity contribution is 8.03. The van der Waals surface area contributed by atoms with Gasteiger partial charge in [-0.1, -0.05) is 10.3 Å². The average Bonchev–Trinajstić information content (AvgIpc) is 2.12. The predicted octanol–water partition coefficient (Wildman–Crippen LogP) is -0.710. The number of carbonyl (C=O) groups excluding carboxylic acids is 1. The van der Waals surface area contributed by atoms with Gasteiger partial charge >= 0.3 is 0 Å². The molecule has 0 heterocycles. The van der Waals surface area contributed by atoms with E-state index >= 15 is 0 Å². The Morgan fingerprint density at radius 1 is 1.17 bits per heavy atom. The van der Waals surface area contributed by atoms with E-state index < -0.39 is 20.0 Å². The van der Waals surface area contributed by atoms with Crippen molar-refractivity contribution in [1.82, 2.24) is 9.03 Å². The molecule has 0 radical (unpaired) electrons. The molecule has 9 heteroatoms. The van der Waals surface area contributed by atoms with Gasteiger partial charge in [0.2, 0.25) is 26.0 Å². The topological polar surface area (TPSA) is 101 Å². The van der Waals surface area contributed by atoms with Gasteiger partial charge in [0.05, 0.1) is 12.5 Å². The van der Waals surface area contributed by atoms with Crippen LogP contribution >= 0.6 is 0 Å². The maximum Gasteiger partial charge on any atom is 0.246 e. The van der Waals surface area contributed by atoms with Crippen molar-refractivity contribution in [3.05, 3.63) is 12.2 Å². The first-order valence-corrected chi connectivity index (χ1v) is 8.77. The van der Waals surface area contributed by atoms with Gasteiger partial charge in [0.1, 0.15) is 0 Å². The molecule has 0 aromatic heterocycles. The summed E-state index contributed by atoms with van der Waals surface area (Å²) in [6, 6.07) is 0. The van der Waals surface area contributed by atoms with E-state index in [1.54, 1.807) is 0 Å². The van der Waals surface area contributed by atoms with Gasteiger partial charge in [0.15, 0.2) is 0 Å². The molecule has 0 saturated heterocycles. The minimum Gasteiger partial charge on any atom is -0.352 e. The highest BCUT2D eigenvalue weighted by Gasteiger charge is 2.25. The van der Waals surface area contributed by atoms with Crippen LogP contribution in [0.4, 0.5) is 0 Å². The molecule has 0 unspecified atom stereocenters. The predicted molar refractivity (Wildman–Crippen MR) is 68.8 cm³/mol. The second kappa shape index (κ2) is 6.30. The van der Waals surface area contributed by atoms with E-state index in [-0.39, 0.29) is 25.4 Å². The first-order valence-electron chi connectivity index (χ1n) is 5.08. The lowest BCUT2D eigenvalue weighted by Crippen LogP contribution is -2.37. The summed E-state index contributed by atoms with van der Waals surface area (Å²) < 4.78 is 45.4. The molecule has 0 rings (SSSR count). The van der Waals surface area contributed by atoms with Crippen LogP contribution in [-0.2, 0) is 24.8 Å². The Morgan fingerprint density at radius 2 is 1.61 bits per heavy atom. The molecule has 7 nitrogen and oxygen atoms in total. The SMILES string of the molecule is C=C(C)C(=O)NCCCN(S(C)(=O)=O)S(C)(=O)=O. The molecule has 0 aromatic rings. The summed E-state index contributed by atoms with van der Waals surface area (Å²) in [5.74, 6) is -0.347. The molecule has 18 heavy (non-hydrogen) atoms. The van der Waals surface area contributed by atoms with Crippen LogP contribution in [0.25, 0.3) is 0 Å². The first kappa shape index (κ1) is 17.1. The van der Waals surface area contributed by atoms with Crippen LogP contribution in [0.1, 0.15) is 13.3 Å². The molecule has 0 spiro atoms. The Hall–Kier alpha value is -0.930. The van der Waals surface area contributed by atoms with Crippen molar-refractivity contribution >= 4 is 26.0 Å². The number of amides is 1. The van der Waals surface area contributed by atoms with Gasteiger partial charge in [-0.25, -0.2) is 16.8 Å². The third-order valence-corrected chi connectivity index (χ3v) is 5.40. The Balaban J connectivity index is 4.42. The van der Waals surface area contributed by atoms with Crippen molar-refractivity contribution in [2.45, 2.75) is 13.3 Å². The molecule has 1 amide bonds. The van der Waals surface area contributed by atoms with Crippen LogP contribution in [-0.4, -0.2) is 52.1 Å². The fraction of sp³-hybridized carbons (Fsp3) is 0.667. The van der Waals surface area contributed by atoms with Crippen molar-refractivity contribution in [2.24, 2.45) is 0 Å². The Kier molecular flexibility index (Phi) is 5.97. The van der Waals surface area contributed by atoms with Gasteiger partial charge in [-0.05, 0) is 13.3 Å². The van der Waals surface area contributed by atoms with Crippen molar-refractivity contribution in [1.29, 1.82) is 0 Å². The van der Waals surface area contributed by atoms with Crippen molar-refractivity contribution in [2.75, 3.05) is 25.6 Å². The summed E-state index contributed by atoms with van der Waals surface area (Å²) in [5.41, 5.74) is 0.332. The molecule has 0 aliphatic carbocycles. The van der Waals surface area contributed by atoms with Gasteiger partial charge in [-0.3, -0.25) is 4.79 Å². The van der Waals surface area contributed by atoms with E-state index in [2.05, 4.69) is 11.9 Å². The smallest absolute Gasteiger partial charge is 0.246 e. The summed E-state index contributed by atoms with van der Waals surface area (Å²) in [4.78, 5) is 11.1. The number of sulfonamides is 2. The van der Waals surface area contributed by atoms with Crippen molar-refractivity contribution in [3.63, 3.8) is 0 Å². The van der Waals surface area contributed by atoms with Crippen molar-refractivity contribution < 1.29 is 21.6 Å². The molecular weight excluding hydrogens is 280 g/mol. The Bertz CT molecular complexity index is 489. The standard InChI is InChI=1S/C9H18N2O5S2/c1-8(2)9(12)10-6-5-7-11(17(3,13)14)18(4,15)16/h1,5-7H2,2-4H3,(H,10,12). The van der Waals surface area contributed by atoms with E-state index in [0.717, 1.165) is 12.5 Å². The summed E-state index contributed by atoms with van der Waals surface area (Å²) in [6.07, 6.45) is 1.83. The molecule has 0 aliphatic heterocycles. The summed E-state index contributed by atoms with van der Waals surface area (Å²) >= 11 is 0. The number of nitrogens with one attached hydrogen (secondary N) is 1. The summed E-state index contributed by atoms with van der Waals surface area (Å²) in [6.45, 7) is 4.94. The largest absolute Gasteiger partial charge is 0.352 e. The van der Waals surface area contributed by atoms with Gasteiger partial charge in [0, 0.05) is 18.7 Å². The van der Waals surface area contributed by atoms with E-state index in [1.165, 1.54) is 6.92 Å². The molecule has 1 N–H and O–H groups in total. The molecule has 0 aromatic carbocycles. The van der Waals surface area contributed by atoms with Crippen LogP contribution in [0, 0.1) is 0 Å². The Labute approximate surface area is 108 Å². The first-order chi connectivity index (χ1) is 7.96. The third-order valence-electron chi connectivity index (χ3n) is 1.93. The van der Waals surface area contributed by atoms with Crippen LogP contribution in [0.3, 0.4) is 0 Å². The van der Waals surface area contributed by atoms with Gasteiger partial charge in [-0.15, -0.1) is 0 Å². The maximum absolute atomic E-state index is 11.3. The van der Waals surface area contributed by atoms with E-state index in [9.17, 15) is 21.6 Å². The number of hydrogen-bond acceptors (Lipinski definition) is 5. The summed E-state index contributed by atoms with van der Waals surface area (Å²) in [5, 5.41) is 2.49. The Morgan fingerprint density at radius 3 is 1.94 bits per heavy atom. The normalized spacial score (nSPS) is 12.4.